The Bertz CT molecular complexity index is 285. The monoisotopic (exact) mass is 210 g/mol. The van der Waals surface area contributed by atoms with Crippen LogP contribution in [0, 0.1) is 23.7 Å². The summed E-state index contributed by atoms with van der Waals surface area (Å²) in [4.78, 5) is 0. The number of aliphatic hydroxyl groups is 1. The molecule has 2 unspecified atom stereocenters. The molecule has 0 aromatic rings. The van der Waals surface area contributed by atoms with Crippen LogP contribution in [-0.2, 0) is 9.47 Å². The second-order valence-electron chi connectivity index (χ2n) is 5.63. The number of hydrogen-bond donors (Lipinski definition) is 1. The van der Waals surface area contributed by atoms with Gasteiger partial charge in [-0.15, -0.1) is 0 Å². The van der Waals surface area contributed by atoms with Crippen LogP contribution in [0.4, 0.5) is 0 Å². The highest BCUT2D eigenvalue weighted by Crippen LogP contribution is 2.66. The summed E-state index contributed by atoms with van der Waals surface area (Å²) in [6.07, 6.45) is 4.70. The zero-order chi connectivity index (χ0) is 10.0. The fourth-order valence-electron chi connectivity index (χ4n) is 4.71. The minimum Gasteiger partial charge on any atom is -0.393 e. The number of rotatable bonds is 0. The summed E-state index contributed by atoms with van der Waals surface area (Å²) < 4.78 is 11.8. The van der Waals surface area contributed by atoms with E-state index in [0.29, 0.717) is 23.7 Å². The van der Waals surface area contributed by atoms with E-state index in [1.165, 1.54) is 19.3 Å². The molecule has 4 aliphatic rings. The SMILES string of the molecule is OC1C2[C@H]3C[C@@H]1CCC[C@@H]2C31OCCO1. The van der Waals surface area contributed by atoms with Crippen molar-refractivity contribution in [1.82, 2.24) is 0 Å². The molecular weight excluding hydrogens is 192 g/mol. The molecule has 4 rings (SSSR count). The van der Waals surface area contributed by atoms with E-state index >= 15 is 0 Å². The summed E-state index contributed by atoms with van der Waals surface area (Å²) in [5.74, 6) is 1.71. The van der Waals surface area contributed by atoms with Crippen LogP contribution in [0.2, 0.25) is 0 Å². The van der Waals surface area contributed by atoms with Crippen molar-refractivity contribution in [1.29, 1.82) is 0 Å². The Morgan fingerprint density at radius 3 is 2.67 bits per heavy atom. The molecule has 1 spiro atoms. The van der Waals surface area contributed by atoms with Crippen molar-refractivity contribution in [2.24, 2.45) is 23.7 Å². The maximum absolute atomic E-state index is 10.2. The van der Waals surface area contributed by atoms with E-state index < -0.39 is 0 Å². The van der Waals surface area contributed by atoms with Gasteiger partial charge < -0.3 is 14.6 Å². The second-order valence-corrected chi connectivity index (χ2v) is 5.63. The zero-order valence-electron chi connectivity index (χ0n) is 8.89. The average Bonchev–Trinajstić information content (AvgIpc) is 2.71. The van der Waals surface area contributed by atoms with E-state index in [1.54, 1.807) is 0 Å². The van der Waals surface area contributed by atoms with Crippen LogP contribution in [0.1, 0.15) is 25.7 Å². The standard InChI is InChI=1S/C12H18O3/c13-11-7-2-1-3-8-10(11)9(6-7)12(8)14-4-5-15-12/h7-11,13H,1-6H2/t7-,8-,9+,10?,11?/m0/s1. The van der Waals surface area contributed by atoms with Gasteiger partial charge in [0.1, 0.15) is 0 Å². The van der Waals surface area contributed by atoms with Crippen LogP contribution in [-0.4, -0.2) is 30.2 Å². The molecule has 5 atom stereocenters. The minimum absolute atomic E-state index is 0.0686. The van der Waals surface area contributed by atoms with Gasteiger partial charge in [-0.2, -0.15) is 0 Å². The normalized spacial score (nSPS) is 55.4. The predicted molar refractivity (Wildman–Crippen MR) is 53.1 cm³/mol. The van der Waals surface area contributed by atoms with Gasteiger partial charge in [0.15, 0.2) is 5.79 Å². The number of fused-ring (bicyclic) bond motifs is 3. The van der Waals surface area contributed by atoms with Crippen molar-refractivity contribution in [3.05, 3.63) is 0 Å². The van der Waals surface area contributed by atoms with Gasteiger partial charge in [-0.05, 0) is 25.2 Å². The maximum atomic E-state index is 10.2. The van der Waals surface area contributed by atoms with E-state index in [2.05, 4.69) is 0 Å². The molecule has 0 amide bonds. The van der Waals surface area contributed by atoms with E-state index in [9.17, 15) is 5.11 Å². The third-order valence-electron chi connectivity index (χ3n) is 5.23. The predicted octanol–water partition coefficient (Wildman–Crippen LogP) is 1.16. The number of hydrogen-bond acceptors (Lipinski definition) is 3. The second kappa shape index (κ2) is 2.76. The van der Waals surface area contributed by atoms with E-state index in [-0.39, 0.29) is 11.9 Å². The van der Waals surface area contributed by atoms with Crippen LogP contribution in [0.25, 0.3) is 0 Å². The van der Waals surface area contributed by atoms with Gasteiger partial charge in [0.05, 0.1) is 19.3 Å². The Morgan fingerprint density at radius 2 is 1.87 bits per heavy atom. The Morgan fingerprint density at radius 1 is 1.07 bits per heavy atom. The Labute approximate surface area is 89.8 Å². The summed E-state index contributed by atoms with van der Waals surface area (Å²) in [6.45, 7) is 1.50. The first kappa shape index (κ1) is 8.97. The fraction of sp³-hybridized carbons (Fsp3) is 1.00. The highest BCUT2D eigenvalue weighted by molar-refractivity contribution is 5.15. The molecule has 2 bridgehead atoms. The number of aliphatic hydroxyl groups excluding tert-OH is 1. The van der Waals surface area contributed by atoms with Crippen molar-refractivity contribution in [2.45, 2.75) is 37.6 Å². The van der Waals surface area contributed by atoms with Gasteiger partial charge in [0.25, 0.3) is 0 Å². The lowest BCUT2D eigenvalue weighted by Gasteiger charge is -2.56. The summed E-state index contributed by atoms with van der Waals surface area (Å²) in [6, 6.07) is 0. The van der Waals surface area contributed by atoms with Gasteiger partial charge in [-0.1, -0.05) is 6.42 Å². The van der Waals surface area contributed by atoms with Crippen molar-refractivity contribution in [3.8, 4) is 0 Å². The molecule has 1 heterocycles. The molecule has 1 N–H and O–H groups in total. The van der Waals surface area contributed by atoms with Crippen molar-refractivity contribution >= 4 is 0 Å². The van der Waals surface area contributed by atoms with Crippen molar-refractivity contribution in [2.75, 3.05) is 13.2 Å². The molecule has 15 heavy (non-hydrogen) atoms. The first-order chi connectivity index (χ1) is 7.33. The lowest BCUT2D eigenvalue weighted by atomic mass is 9.59. The first-order valence-electron chi connectivity index (χ1n) is 6.29. The van der Waals surface area contributed by atoms with Crippen LogP contribution >= 0.6 is 0 Å². The van der Waals surface area contributed by atoms with Crippen LogP contribution in [0.3, 0.4) is 0 Å². The van der Waals surface area contributed by atoms with Crippen LogP contribution in [0.15, 0.2) is 0 Å². The molecule has 0 aromatic heterocycles. The molecule has 84 valence electrons. The van der Waals surface area contributed by atoms with Gasteiger partial charge in [0, 0.05) is 17.8 Å². The fourth-order valence-corrected chi connectivity index (χ4v) is 4.71. The van der Waals surface area contributed by atoms with Crippen molar-refractivity contribution < 1.29 is 14.6 Å². The summed E-state index contributed by atoms with van der Waals surface area (Å²) in [7, 11) is 0. The first-order valence-corrected chi connectivity index (χ1v) is 6.29. The van der Waals surface area contributed by atoms with Gasteiger partial charge in [-0.3, -0.25) is 0 Å². The molecule has 3 saturated carbocycles. The maximum Gasteiger partial charge on any atom is 0.174 e. The highest BCUT2D eigenvalue weighted by Gasteiger charge is 2.71. The summed E-state index contributed by atoms with van der Waals surface area (Å²) in [5.41, 5.74) is 0. The Kier molecular flexibility index (Phi) is 1.65. The van der Waals surface area contributed by atoms with Crippen LogP contribution in [0.5, 0.6) is 0 Å². The highest BCUT2D eigenvalue weighted by atomic mass is 16.7. The summed E-state index contributed by atoms with van der Waals surface area (Å²) >= 11 is 0. The van der Waals surface area contributed by atoms with Gasteiger partial charge >= 0.3 is 0 Å². The molecule has 1 aliphatic heterocycles. The lowest BCUT2D eigenvalue weighted by Crippen LogP contribution is -2.63. The van der Waals surface area contributed by atoms with Gasteiger partial charge in [-0.25, -0.2) is 0 Å². The zero-order valence-corrected chi connectivity index (χ0v) is 8.89. The number of ether oxygens (including phenoxy) is 2. The van der Waals surface area contributed by atoms with Crippen LogP contribution < -0.4 is 0 Å². The Balaban J connectivity index is 1.72. The largest absolute Gasteiger partial charge is 0.393 e. The lowest BCUT2D eigenvalue weighted by molar-refractivity contribution is -0.321. The molecule has 4 fully saturated rings. The molecule has 0 radical (unpaired) electrons. The van der Waals surface area contributed by atoms with E-state index in [0.717, 1.165) is 19.6 Å². The third-order valence-corrected chi connectivity index (χ3v) is 5.23. The molecular formula is C12H18O3. The molecule has 3 nitrogen and oxygen atoms in total. The molecule has 0 aromatic carbocycles. The molecule has 3 aliphatic carbocycles. The minimum atomic E-state index is -0.263. The van der Waals surface area contributed by atoms with E-state index in [4.69, 9.17) is 9.47 Å². The average molecular weight is 210 g/mol. The molecule has 1 saturated heterocycles. The summed E-state index contributed by atoms with van der Waals surface area (Å²) in [5, 5.41) is 10.2. The van der Waals surface area contributed by atoms with E-state index in [1.807, 2.05) is 0 Å². The topological polar surface area (TPSA) is 38.7 Å². The third kappa shape index (κ3) is 0.891. The molecule has 3 heteroatoms. The quantitative estimate of drug-likeness (QED) is 0.652. The smallest absolute Gasteiger partial charge is 0.174 e. The van der Waals surface area contributed by atoms with Gasteiger partial charge in [0.2, 0.25) is 0 Å². The Hall–Kier alpha value is -0.120. The van der Waals surface area contributed by atoms with Crippen molar-refractivity contribution in [3.63, 3.8) is 0 Å².